The second-order valence-electron chi connectivity index (χ2n) is 7.46. The number of anilines is 1. The third-order valence-electron chi connectivity index (χ3n) is 5.50. The van der Waals surface area contributed by atoms with Crippen molar-refractivity contribution in [3.05, 3.63) is 51.9 Å². The largest absolute Gasteiger partial charge is 0.504 e. The van der Waals surface area contributed by atoms with Gasteiger partial charge in [0.05, 0.1) is 24.5 Å². The van der Waals surface area contributed by atoms with E-state index in [0.29, 0.717) is 36.0 Å². The van der Waals surface area contributed by atoms with Crippen molar-refractivity contribution >= 4 is 45.8 Å². The van der Waals surface area contributed by atoms with Gasteiger partial charge in [-0.05, 0) is 36.2 Å². The number of ether oxygens (including phenoxy) is 1. The van der Waals surface area contributed by atoms with E-state index in [4.69, 9.17) is 16.3 Å². The molecule has 31 heavy (non-hydrogen) atoms. The molecule has 3 aliphatic rings. The van der Waals surface area contributed by atoms with Gasteiger partial charge in [0.1, 0.15) is 6.61 Å². The van der Waals surface area contributed by atoms with Gasteiger partial charge in [0.2, 0.25) is 5.91 Å². The number of aryl methyl sites for hydroxylation is 1. The van der Waals surface area contributed by atoms with Gasteiger partial charge >= 0.3 is 0 Å². The van der Waals surface area contributed by atoms with Gasteiger partial charge in [0, 0.05) is 29.0 Å². The van der Waals surface area contributed by atoms with Crippen molar-refractivity contribution in [2.24, 2.45) is 4.99 Å². The number of hydrogen-bond acceptors (Lipinski definition) is 7. The molecule has 9 heteroatoms. The maximum absolute atomic E-state index is 13.1. The minimum absolute atomic E-state index is 0.0523. The van der Waals surface area contributed by atoms with E-state index in [1.54, 1.807) is 28.8 Å². The minimum atomic E-state index is -0.189. The van der Waals surface area contributed by atoms with Crippen molar-refractivity contribution in [1.82, 2.24) is 4.90 Å². The number of thioether (sulfide) groups is 1. The molecule has 0 spiro atoms. The Labute approximate surface area is 188 Å². The zero-order valence-electron chi connectivity index (χ0n) is 16.5. The quantitative estimate of drug-likeness (QED) is 0.679. The molecule has 5 rings (SSSR count). The summed E-state index contributed by atoms with van der Waals surface area (Å²) in [6.45, 7) is 2.42. The summed E-state index contributed by atoms with van der Waals surface area (Å²) in [4.78, 5) is 21.4. The third-order valence-corrected chi connectivity index (χ3v) is 6.62. The van der Waals surface area contributed by atoms with Crippen molar-refractivity contribution in [1.29, 1.82) is 0 Å². The number of carbonyl (C=O) groups excluding carboxylic acids is 1. The van der Waals surface area contributed by atoms with E-state index in [1.807, 2.05) is 11.5 Å². The van der Waals surface area contributed by atoms with E-state index in [9.17, 15) is 15.0 Å². The van der Waals surface area contributed by atoms with Crippen LogP contribution in [0.1, 0.15) is 17.5 Å². The van der Waals surface area contributed by atoms with E-state index in [2.05, 4.69) is 9.89 Å². The number of amides is 1. The lowest BCUT2D eigenvalue weighted by atomic mass is 10.1. The average molecular weight is 458 g/mol. The lowest BCUT2D eigenvalue weighted by Crippen LogP contribution is -2.38. The summed E-state index contributed by atoms with van der Waals surface area (Å²) < 4.78 is 6.01. The fraction of sp³-hybridized carbons (Fsp3) is 0.273. The number of halogens is 1. The number of rotatable bonds is 4. The third kappa shape index (κ3) is 3.70. The summed E-state index contributed by atoms with van der Waals surface area (Å²) in [6, 6.07) is 8.25. The van der Waals surface area contributed by atoms with E-state index in [0.717, 1.165) is 35.1 Å². The highest BCUT2D eigenvalue weighted by Gasteiger charge is 2.33. The smallest absolute Gasteiger partial charge is 0.227 e. The lowest BCUT2D eigenvalue weighted by Gasteiger charge is -2.32. The van der Waals surface area contributed by atoms with Crippen molar-refractivity contribution in [2.45, 2.75) is 12.8 Å². The lowest BCUT2D eigenvalue weighted by molar-refractivity contribution is -0.118. The first-order valence-corrected chi connectivity index (χ1v) is 11.2. The Kier molecular flexibility index (Phi) is 5.19. The maximum atomic E-state index is 13.1. The molecule has 0 atom stereocenters. The zero-order valence-corrected chi connectivity index (χ0v) is 18.1. The number of nitrogens with zero attached hydrogens (tertiary/aromatic N) is 3. The normalized spacial score (nSPS) is 17.1. The van der Waals surface area contributed by atoms with Crippen LogP contribution in [0.25, 0.3) is 5.70 Å². The molecule has 0 saturated carbocycles. The highest BCUT2D eigenvalue weighted by atomic mass is 35.5. The molecule has 2 N–H and O–H groups in total. The Hall–Kier alpha value is -2.84. The van der Waals surface area contributed by atoms with Crippen LogP contribution in [-0.4, -0.2) is 52.4 Å². The van der Waals surface area contributed by atoms with Gasteiger partial charge < -0.3 is 24.7 Å². The fourth-order valence-electron chi connectivity index (χ4n) is 3.98. The van der Waals surface area contributed by atoms with E-state index < -0.39 is 0 Å². The molecule has 2 aromatic carbocycles. The molecular weight excluding hydrogens is 438 g/mol. The van der Waals surface area contributed by atoms with Crippen LogP contribution < -0.4 is 9.64 Å². The summed E-state index contributed by atoms with van der Waals surface area (Å²) in [6.07, 6.45) is 0.704. The number of amidine groups is 1. The van der Waals surface area contributed by atoms with E-state index >= 15 is 0 Å². The van der Waals surface area contributed by atoms with Crippen LogP contribution in [0.3, 0.4) is 0 Å². The summed E-state index contributed by atoms with van der Waals surface area (Å²) in [5.41, 5.74) is 3.30. The monoisotopic (exact) mass is 457 g/mol. The first kappa shape index (κ1) is 20.1. The van der Waals surface area contributed by atoms with Gasteiger partial charge in [-0.1, -0.05) is 29.4 Å². The Balaban J connectivity index is 1.40. The Morgan fingerprint density at radius 1 is 1.19 bits per heavy atom. The van der Waals surface area contributed by atoms with Crippen molar-refractivity contribution < 1.29 is 19.7 Å². The van der Waals surface area contributed by atoms with Gasteiger partial charge in [-0.3, -0.25) is 9.79 Å². The van der Waals surface area contributed by atoms with E-state index in [-0.39, 0.29) is 23.8 Å². The SMILES string of the molecule is O=C(CCc1ccc(O)c(O)c1)N1CCOc2c(C3=CSC4=NCCN34)cc(Cl)cc21. The highest BCUT2D eigenvalue weighted by molar-refractivity contribution is 8.16. The summed E-state index contributed by atoms with van der Waals surface area (Å²) >= 11 is 8.03. The molecule has 0 unspecified atom stereocenters. The summed E-state index contributed by atoms with van der Waals surface area (Å²) in [5, 5.41) is 22.7. The van der Waals surface area contributed by atoms with Gasteiger partial charge in [0.15, 0.2) is 22.4 Å². The molecule has 0 aromatic heterocycles. The average Bonchev–Trinajstić information content (AvgIpc) is 3.37. The molecule has 0 fully saturated rings. The number of phenolic OH excluding ortho intramolecular Hbond substituents is 2. The van der Waals surface area contributed by atoms with Crippen LogP contribution in [0.5, 0.6) is 17.2 Å². The second-order valence-corrected chi connectivity index (χ2v) is 8.73. The second kappa shape index (κ2) is 8.01. The first-order chi connectivity index (χ1) is 15.0. The van der Waals surface area contributed by atoms with Crippen LogP contribution in [-0.2, 0) is 11.2 Å². The number of aromatic hydroxyl groups is 2. The van der Waals surface area contributed by atoms with Crippen molar-refractivity contribution in [2.75, 3.05) is 31.1 Å². The van der Waals surface area contributed by atoms with Gasteiger partial charge in [0.25, 0.3) is 0 Å². The predicted octanol–water partition coefficient (Wildman–Crippen LogP) is 3.83. The van der Waals surface area contributed by atoms with Crippen LogP contribution in [0.4, 0.5) is 5.69 Å². The van der Waals surface area contributed by atoms with Gasteiger partial charge in [-0.25, -0.2) is 0 Å². The number of benzene rings is 2. The van der Waals surface area contributed by atoms with Crippen LogP contribution >= 0.6 is 23.4 Å². The number of hydrogen-bond donors (Lipinski definition) is 2. The van der Waals surface area contributed by atoms with Crippen molar-refractivity contribution in [3.63, 3.8) is 0 Å². The molecule has 0 radical (unpaired) electrons. The van der Waals surface area contributed by atoms with E-state index in [1.165, 1.54) is 12.1 Å². The molecule has 0 aliphatic carbocycles. The molecule has 7 nitrogen and oxygen atoms in total. The van der Waals surface area contributed by atoms with Gasteiger partial charge in [-0.15, -0.1) is 0 Å². The van der Waals surface area contributed by atoms with Crippen LogP contribution in [0.2, 0.25) is 5.02 Å². The van der Waals surface area contributed by atoms with Crippen molar-refractivity contribution in [3.8, 4) is 17.2 Å². The molecule has 1 amide bonds. The Morgan fingerprint density at radius 2 is 2.06 bits per heavy atom. The van der Waals surface area contributed by atoms with Gasteiger partial charge in [-0.2, -0.15) is 0 Å². The summed E-state index contributed by atoms with van der Waals surface area (Å²) in [5.74, 6) is 0.241. The highest BCUT2D eigenvalue weighted by Crippen LogP contribution is 2.45. The topological polar surface area (TPSA) is 85.6 Å². The standard InChI is InChI=1S/C22H20ClN3O4S/c23-14-10-15(17-12-31-22-24-5-6-26(17)22)21-16(11-14)25(7-8-30-21)20(29)4-2-13-1-3-18(27)19(28)9-13/h1,3,9-12,27-28H,2,4-8H2. The molecule has 160 valence electrons. The molecule has 0 saturated heterocycles. The zero-order chi connectivity index (χ0) is 21.5. The number of aliphatic imine (C=N–C) groups is 1. The number of carbonyl (C=O) groups is 1. The molecule has 3 heterocycles. The molecule has 3 aliphatic heterocycles. The minimum Gasteiger partial charge on any atom is -0.504 e. The molecule has 2 aromatic rings. The fourth-order valence-corrected chi connectivity index (χ4v) is 5.15. The first-order valence-electron chi connectivity index (χ1n) is 9.98. The molecular formula is C22H20ClN3O4S. The summed E-state index contributed by atoms with van der Waals surface area (Å²) in [7, 11) is 0. The predicted molar refractivity (Wildman–Crippen MR) is 122 cm³/mol. The Bertz CT molecular complexity index is 1130. The Morgan fingerprint density at radius 3 is 2.90 bits per heavy atom. The van der Waals surface area contributed by atoms with Crippen LogP contribution in [0.15, 0.2) is 40.7 Å². The maximum Gasteiger partial charge on any atom is 0.227 e. The number of phenols is 2. The number of fused-ring (bicyclic) bond motifs is 2. The van der Waals surface area contributed by atoms with Crippen LogP contribution in [0, 0.1) is 0 Å². The molecule has 0 bridgehead atoms.